The first-order valence-electron chi connectivity index (χ1n) is 7.23. The standard InChI is InChI=1S/C17H18N2O3/c1-3-12-6-5-7-13(4-2)16(12)18-17(20)14-8-10-15(11-9-14)19(21)22/h5-11H,3-4H2,1-2H3,(H,18,20). The second kappa shape index (κ2) is 6.85. The number of aryl methyl sites for hydroxylation is 2. The predicted molar refractivity (Wildman–Crippen MR) is 86.2 cm³/mol. The van der Waals surface area contributed by atoms with E-state index in [-0.39, 0.29) is 11.6 Å². The lowest BCUT2D eigenvalue weighted by atomic mass is 10.0. The lowest BCUT2D eigenvalue weighted by Crippen LogP contribution is -2.14. The van der Waals surface area contributed by atoms with E-state index in [2.05, 4.69) is 5.32 Å². The SMILES string of the molecule is CCc1cccc(CC)c1NC(=O)c1ccc([N+](=O)[O-])cc1. The number of nitro groups is 1. The summed E-state index contributed by atoms with van der Waals surface area (Å²) in [6, 6.07) is 11.6. The van der Waals surface area contributed by atoms with Crippen LogP contribution in [0.25, 0.3) is 0 Å². The van der Waals surface area contributed by atoms with E-state index in [4.69, 9.17) is 0 Å². The molecule has 2 aromatic carbocycles. The Morgan fingerprint density at radius 2 is 1.59 bits per heavy atom. The number of rotatable bonds is 5. The third-order valence-electron chi connectivity index (χ3n) is 3.58. The minimum absolute atomic E-state index is 0.0280. The third kappa shape index (κ3) is 3.31. The first-order chi connectivity index (χ1) is 10.6. The molecular weight excluding hydrogens is 280 g/mol. The van der Waals surface area contributed by atoms with Crippen LogP contribution in [0.3, 0.4) is 0 Å². The van der Waals surface area contributed by atoms with Gasteiger partial charge in [-0.2, -0.15) is 0 Å². The van der Waals surface area contributed by atoms with Gasteiger partial charge >= 0.3 is 0 Å². The average Bonchev–Trinajstić information content (AvgIpc) is 2.55. The summed E-state index contributed by atoms with van der Waals surface area (Å²) in [4.78, 5) is 22.5. The van der Waals surface area contributed by atoms with E-state index < -0.39 is 4.92 Å². The molecule has 0 saturated heterocycles. The van der Waals surface area contributed by atoms with Crippen LogP contribution >= 0.6 is 0 Å². The molecule has 0 aliphatic heterocycles. The first-order valence-corrected chi connectivity index (χ1v) is 7.23. The Labute approximate surface area is 129 Å². The van der Waals surface area contributed by atoms with Crippen LogP contribution in [0.15, 0.2) is 42.5 Å². The summed E-state index contributed by atoms with van der Waals surface area (Å²) in [7, 11) is 0. The predicted octanol–water partition coefficient (Wildman–Crippen LogP) is 3.97. The van der Waals surface area contributed by atoms with Crippen molar-refractivity contribution in [2.45, 2.75) is 26.7 Å². The lowest BCUT2D eigenvalue weighted by Gasteiger charge is -2.14. The maximum Gasteiger partial charge on any atom is 0.269 e. The number of hydrogen-bond acceptors (Lipinski definition) is 3. The molecule has 0 heterocycles. The Morgan fingerprint density at radius 1 is 1.05 bits per heavy atom. The van der Waals surface area contributed by atoms with Crippen molar-refractivity contribution in [1.29, 1.82) is 0 Å². The number of carbonyl (C=O) groups is 1. The Morgan fingerprint density at radius 3 is 2.05 bits per heavy atom. The number of carbonyl (C=O) groups excluding carboxylic acids is 1. The van der Waals surface area contributed by atoms with Crippen LogP contribution in [0.5, 0.6) is 0 Å². The molecule has 0 bridgehead atoms. The number of anilines is 1. The Hall–Kier alpha value is -2.69. The quantitative estimate of drug-likeness (QED) is 0.670. The second-order valence-corrected chi connectivity index (χ2v) is 4.92. The van der Waals surface area contributed by atoms with E-state index in [0.29, 0.717) is 5.56 Å². The summed E-state index contributed by atoms with van der Waals surface area (Å²) in [6.07, 6.45) is 1.65. The zero-order valence-electron chi connectivity index (χ0n) is 12.6. The number of nitrogens with one attached hydrogen (secondary N) is 1. The van der Waals surface area contributed by atoms with Gasteiger partial charge in [0.15, 0.2) is 0 Å². The summed E-state index contributed by atoms with van der Waals surface area (Å²) < 4.78 is 0. The minimum Gasteiger partial charge on any atom is -0.321 e. The maximum atomic E-state index is 12.4. The summed E-state index contributed by atoms with van der Waals surface area (Å²) >= 11 is 0. The zero-order valence-corrected chi connectivity index (χ0v) is 12.6. The zero-order chi connectivity index (χ0) is 16.1. The van der Waals surface area contributed by atoms with E-state index in [1.54, 1.807) is 0 Å². The second-order valence-electron chi connectivity index (χ2n) is 4.92. The van der Waals surface area contributed by atoms with Gasteiger partial charge in [-0.3, -0.25) is 14.9 Å². The van der Waals surface area contributed by atoms with E-state index in [1.165, 1.54) is 24.3 Å². The van der Waals surface area contributed by atoms with Gasteiger partial charge in [0, 0.05) is 23.4 Å². The fourth-order valence-corrected chi connectivity index (χ4v) is 2.32. The van der Waals surface area contributed by atoms with Gasteiger partial charge in [-0.05, 0) is 36.1 Å². The molecule has 0 spiro atoms. The Kier molecular flexibility index (Phi) is 4.88. The number of para-hydroxylation sites is 1. The lowest BCUT2D eigenvalue weighted by molar-refractivity contribution is -0.384. The fraction of sp³-hybridized carbons (Fsp3) is 0.235. The molecule has 114 valence electrons. The first kappa shape index (κ1) is 15.7. The van der Waals surface area contributed by atoms with Gasteiger partial charge in [0.2, 0.25) is 0 Å². The van der Waals surface area contributed by atoms with Crippen molar-refractivity contribution in [2.75, 3.05) is 5.32 Å². The largest absolute Gasteiger partial charge is 0.321 e. The minimum atomic E-state index is -0.483. The molecule has 1 N–H and O–H groups in total. The molecule has 2 rings (SSSR count). The van der Waals surface area contributed by atoms with Crippen molar-refractivity contribution < 1.29 is 9.72 Å². The number of non-ortho nitro benzene ring substituents is 1. The molecule has 0 saturated carbocycles. The molecule has 0 aliphatic rings. The van der Waals surface area contributed by atoms with Gasteiger partial charge in [-0.1, -0.05) is 32.0 Å². The van der Waals surface area contributed by atoms with Crippen LogP contribution in [-0.4, -0.2) is 10.8 Å². The van der Waals surface area contributed by atoms with E-state index in [1.807, 2.05) is 32.0 Å². The summed E-state index contributed by atoms with van der Waals surface area (Å²) in [5, 5.41) is 13.6. The van der Waals surface area contributed by atoms with Crippen LogP contribution in [0, 0.1) is 10.1 Å². The third-order valence-corrected chi connectivity index (χ3v) is 3.58. The summed E-state index contributed by atoms with van der Waals surface area (Å²) in [5.41, 5.74) is 3.37. The van der Waals surface area contributed by atoms with Gasteiger partial charge in [0.05, 0.1) is 4.92 Å². The molecule has 2 aromatic rings. The summed E-state index contributed by atoms with van der Waals surface area (Å²) in [6.45, 7) is 4.08. The van der Waals surface area contributed by atoms with Gasteiger partial charge in [-0.15, -0.1) is 0 Å². The molecule has 0 aromatic heterocycles. The monoisotopic (exact) mass is 298 g/mol. The average molecular weight is 298 g/mol. The molecule has 22 heavy (non-hydrogen) atoms. The fourth-order valence-electron chi connectivity index (χ4n) is 2.32. The molecule has 0 aliphatic carbocycles. The molecule has 1 amide bonds. The van der Waals surface area contributed by atoms with Gasteiger partial charge in [0.1, 0.15) is 0 Å². The molecule has 0 atom stereocenters. The van der Waals surface area contributed by atoms with Gasteiger partial charge in [0.25, 0.3) is 11.6 Å². The number of benzene rings is 2. The Balaban J connectivity index is 2.27. The van der Waals surface area contributed by atoms with E-state index in [9.17, 15) is 14.9 Å². The molecule has 0 fully saturated rings. The maximum absolute atomic E-state index is 12.4. The van der Waals surface area contributed by atoms with Gasteiger partial charge in [-0.25, -0.2) is 0 Å². The summed E-state index contributed by atoms with van der Waals surface area (Å²) in [5.74, 6) is -0.259. The van der Waals surface area contributed by atoms with Crippen molar-refractivity contribution >= 4 is 17.3 Å². The van der Waals surface area contributed by atoms with Gasteiger partial charge < -0.3 is 5.32 Å². The number of amides is 1. The van der Waals surface area contributed by atoms with Crippen molar-refractivity contribution in [3.8, 4) is 0 Å². The van der Waals surface area contributed by atoms with Crippen LogP contribution in [0.1, 0.15) is 35.3 Å². The number of nitro benzene ring substituents is 1. The highest BCUT2D eigenvalue weighted by Gasteiger charge is 2.13. The van der Waals surface area contributed by atoms with Crippen LogP contribution < -0.4 is 5.32 Å². The van der Waals surface area contributed by atoms with Crippen molar-refractivity contribution in [2.24, 2.45) is 0 Å². The van der Waals surface area contributed by atoms with Crippen LogP contribution in [0.2, 0.25) is 0 Å². The van der Waals surface area contributed by atoms with Crippen molar-refractivity contribution in [3.05, 3.63) is 69.3 Å². The number of hydrogen-bond donors (Lipinski definition) is 1. The highest BCUT2D eigenvalue weighted by Crippen LogP contribution is 2.23. The smallest absolute Gasteiger partial charge is 0.269 e. The van der Waals surface area contributed by atoms with Crippen LogP contribution in [0.4, 0.5) is 11.4 Å². The normalized spacial score (nSPS) is 10.3. The highest BCUT2D eigenvalue weighted by molar-refractivity contribution is 6.05. The highest BCUT2D eigenvalue weighted by atomic mass is 16.6. The molecule has 0 radical (unpaired) electrons. The Bertz CT molecular complexity index is 671. The van der Waals surface area contributed by atoms with E-state index in [0.717, 1.165) is 29.7 Å². The van der Waals surface area contributed by atoms with Crippen LogP contribution in [-0.2, 0) is 12.8 Å². The molecule has 5 nitrogen and oxygen atoms in total. The van der Waals surface area contributed by atoms with Crippen molar-refractivity contribution in [3.63, 3.8) is 0 Å². The molecule has 0 unspecified atom stereocenters. The van der Waals surface area contributed by atoms with E-state index >= 15 is 0 Å². The van der Waals surface area contributed by atoms with Crippen molar-refractivity contribution in [1.82, 2.24) is 0 Å². The topological polar surface area (TPSA) is 72.2 Å². The molecule has 5 heteroatoms. The molecular formula is C17H18N2O3. The number of nitrogens with zero attached hydrogens (tertiary/aromatic N) is 1.